The van der Waals surface area contributed by atoms with Crippen LogP contribution in [0.25, 0.3) is 0 Å². The Kier molecular flexibility index (Phi) is 5.36. The molecule has 2 saturated heterocycles. The fraction of sp³-hybridized carbons (Fsp3) is 0.524. The zero-order valence-electron chi connectivity index (χ0n) is 16.4. The third kappa shape index (κ3) is 4.17. The van der Waals surface area contributed by atoms with E-state index in [-0.39, 0.29) is 42.1 Å². The van der Waals surface area contributed by atoms with Crippen molar-refractivity contribution in [2.45, 2.75) is 51.2 Å². The number of rotatable bonds is 6. The maximum absolute atomic E-state index is 13.1. The topological polar surface area (TPSA) is 96.0 Å². The molecule has 4 amide bonds. The maximum atomic E-state index is 13.1. The predicted octanol–water partition coefficient (Wildman–Crippen LogP) is 1.69. The Morgan fingerprint density at radius 3 is 2.48 bits per heavy atom. The number of imide groups is 1. The summed E-state index contributed by atoms with van der Waals surface area (Å²) in [6.07, 6.45) is 3.38. The molecule has 3 fully saturated rings. The molecule has 0 spiro atoms. The highest BCUT2D eigenvalue weighted by Crippen LogP contribution is 2.35. The Hall–Kier alpha value is -2.74. The van der Waals surface area contributed by atoms with Gasteiger partial charge in [0.15, 0.2) is 0 Å². The van der Waals surface area contributed by atoms with Gasteiger partial charge in [-0.25, -0.2) is 4.90 Å². The molecule has 2 unspecified atom stereocenters. The molecular formula is C21H25N3O5. The SMILES string of the molecule is CC(=O)Nc1ccc(N2C(=O)CC(N(CC3CCCO3)C(=O)C3CC3)C2=O)cc1. The molecule has 29 heavy (non-hydrogen) atoms. The van der Waals surface area contributed by atoms with Crippen LogP contribution in [0.1, 0.15) is 39.0 Å². The van der Waals surface area contributed by atoms with Crippen LogP contribution < -0.4 is 10.2 Å². The summed E-state index contributed by atoms with van der Waals surface area (Å²) in [6, 6.07) is 5.75. The summed E-state index contributed by atoms with van der Waals surface area (Å²) < 4.78 is 5.67. The molecule has 0 radical (unpaired) electrons. The zero-order valence-corrected chi connectivity index (χ0v) is 16.4. The summed E-state index contributed by atoms with van der Waals surface area (Å²) >= 11 is 0. The second-order valence-corrected chi connectivity index (χ2v) is 7.92. The lowest BCUT2D eigenvalue weighted by Gasteiger charge is -2.30. The number of hydrogen-bond acceptors (Lipinski definition) is 5. The summed E-state index contributed by atoms with van der Waals surface area (Å²) in [4.78, 5) is 52.6. The molecule has 2 atom stereocenters. The molecule has 0 bridgehead atoms. The summed E-state index contributed by atoms with van der Waals surface area (Å²) in [5.74, 6) is -0.989. The number of nitrogens with zero attached hydrogens (tertiary/aromatic N) is 2. The van der Waals surface area contributed by atoms with Crippen LogP contribution in [0.3, 0.4) is 0 Å². The van der Waals surface area contributed by atoms with E-state index in [1.54, 1.807) is 29.2 Å². The molecule has 4 rings (SSSR count). The quantitative estimate of drug-likeness (QED) is 0.735. The Morgan fingerprint density at radius 1 is 1.17 bits per heavy atom. The molecule has 3 aliphatic rings. The molecule has 154 valence electrons. The predicted molar refractivity (Wildman–Crippen MR) is 105 cm³/mol. The van der Waals surface area contributed by atoms with Crippen LogP contribution in [0.5, 0.6) is 0 Å². The molecule has 2 heterocycles. The maximum Gasteiger partial charge on any atom is 0.257 e. The lowest BCUT2D eigenvalue weighted by atomic mass is 10.1. The van der Waals surface area contributed by atoms with Crippen molar-refractivity contribution in [3.63, 3.8) is 0 Å². The van der Waals surface area contributed by atoms with Gasteiger partial charge in [-0.3, -0.25) is 19.2 Å². The number of benzene rings is 1. The summed E-state index contributed by atoms with van der Waals surface area (Å²) in [7, 11) is 0. The molecule has 1 aromatic carbocycles. The monoisotopic (exact) mass is 399 g/mol. The number of carbonyl (C=O) groups excluding carboxylic acids is 4. The first kappa shape index (κ1) is 19.6. The van der Waals surface area contributed by atoms with Crippen molar-refractivity contribution in [1.29, 1.82) is 0 Å². The largest absolute Gasteiger partial charge is 0.376 e. The van der Waals surface area contributed by atoms with Crippen molar-refractivity contribution in [3.05, 3.63) is 24.3 Å². The van der Waals surface area contributed by atoms with Crippen LogP contribution in [0.4, 0.5) is 11.4 Å². The van der Waals surface area contributed by atoms with Crippen molar-refractivity contribution >= 4 is 35.0 Å². The summed E-state index contributed by atoms with van der Waals surface area (Å²) in [5.41, 5.74) is 1.02. The Bertz CT molecular complexity index is 827. The smallest absolute Gasteiger partial charge is 0.257 e. The minimum atomic E-state index is -0.783. The van der Waals surface area contributed by atoms with Gasteiger partial charge < -0.3 is 15.0 Å². The fourth-order valence-corrected chi connectivity index (χ4v) is 3.97. The second kappa shape index (κ2) is 7.94. The molecule has 2 aliphatic heterocycles. The highest BCUT2D eigenvalue weighted by atomic mass is 16.5. The van der Waals surface area contributed by atoms with Crippen molar-refractivity contribution in [3.8, 4) is 0 Å². The third-order valence-electron chi connectivity index (χ3n) is 5.58. The van der Waals surface area contributed by atoms with E-state index in [9.17, 15) is 19.2 Å². The fourth-order valence-electron chi connectivity index (χ4n) is 3.97. The van der Waals surface area contributed by atoms with E-state index in [0.717, 1.165) is 30.6 Å². The van der Waals surface area contributed by atoms with Crippen LogP contribution >= 0.6 is 0 Å². The number of nitrogens with one attached hydrogen (secondary N) is 1. The number of carbonyl (C=O) groups is 4. The Labute approximate surface area is 169 Å². The van der Waals surface area contributed by atoms with E-state index < -0.39 is 6.04 Å². The number of hydrogen-bond donors (Lipinski definition) is 1. The first-order valence-electron chi connectivity index (χ1n) is 10.1. The molecular weight excluding hydrogens is 374 g/mol. The highest BCUT2D eigenvalue weighted by molar-refractivity contribution is 6.23. The van der Waals surface area contributed by atoms with E-state index in [1.807, 2.05) is 0 Å². The highest BCUT2D eigenvalue weighted by Gasteiger charge is 2.47. The molecule has 8 heteroatoms. The first-order valence-corrected chi connectivity index (χ1v) is 10.1. The third-order valence-corrected chi connectivity index (χ3v) is 5.58. The number of anilines is 2. The van der Waals surface area contributed by atoms with Crippen LogP contribution in [0.15, 0.2) is 24.3 Å². The molecule has 1 aromatic rings. The number of ether oxygens (including phenoxy) is 1. The van der Waals surface area contributed by atoms with Crippen LogP contribution in [0.2, 0.25) is 0 Å². The number of amides is 4. The van der Waals surface area contributed by atoms with Crippen molar-refractivity contribution in [2.24, 2.45) is 5.92 Å². The van der Waals surface area contributed by atoms with Gasteiger partial charge in [0.05, 0.1) is 18.2 Å². The van der Waals surface area contributed by atoms with E-state index in [1.165, 1.54) is 6.92 Å². The second-order valence-electron chi connectivity index (χ2n) is 7.92. The van der Waals surface area contributed by atoms with Gasteiger partial charge in [-0.1, -0.05) is 0 Å². The van der Waals surface area contributed by atoms with E-state index >= 15 is 0 Å². The van der Waals surface area contributed by atoms with Crippen LogP contribution in [0, 0.1) is 5.92 Å². The van der Waals surface area contributed by atoms with Crippen molar-refractivity contribution in [2.75, 3.05) is 23.4 Å². The van der Waals surface area contributed by atoms with Crippen LogP contribution in [-0.2, 0) is 23.9 Å². The van der Waals surface area contributed by atoms with E-state index in [0.29, 0.717) is 24.5 Å². The van der Waals surface area contributed by atoms with Gasteiger partial charge in [-0.05, 0) is 49.9 Å². The molecule has 1 N–H and O–H groups in total. The minimum Gasteiger partial charge on any atom is -0.376 e. The van der Waals surface area contributed by atoms with Gasteiger partial charge >= 0.3 is 0 Å². The zero-order chi connectivity index (χ0) is 20.5. The van der Waals surface area contributed by atoms with Gasteiger partial charge in [-0.15, -0.1) is 0 Å². The van der Waals surface area contributed by atoms with Gasteiger partial charge in [0.25, 0.3) is 5.91 Å². The van der Waals surface area contributed by atoms with Gasteiger partial charge in [-0.2, -0.15) is 0 Å². The minimum absolute atomic E-state index is 0.0164. The van der Waals surface area contributed by atoms with E-state index in [2.05, 4.69) is 5.32 Å². The van der Waals surface area contributed by atoms with Gasteiger partial charge in [0.1, 0.15) is 6.04 Å². The molecule has 0 aromatic heterocycles. The van der Waals surface area contributed by atoms with Crippen molar-refractivity contribution in [1.82, 2.24) is 4.90 Å². The Balaban J connectivity index is 1.53. The van der Waals surface area contributed by atoms with E-state index in [4.69, 9.17) is 4.74 Å². The van der Waals surface area contributed by atoms with Gasteiger partial charge in [0.2, 0.25) is 17.7 Å². The Morgan fingerprint density at radius 2 is 1.90 bits per heavy atom. The molecule has 1 aliphatic carbocycles. The molecule has 1 saturated carbocycles. The average molecular weight is 399 g/mol. The summed E-state index contributed by atoms with van der Waals surface area (Å²) in [5, 5.41) is 2.65. The lowest BCUT2D eigenvalue weighted by Crippen LogP contribution is -2.49. The first-order chi connectivity index (χ1) is 13.9. The summed E-state index contributed by atoms with van der Waals surface area (Å²) in [6.45, 7) is 2.43. The average Bonchev–Trinajstić information content (AvgIpc) is 3.33. The van der Waals surface area contributed by atoms with Gasteiger partial charge in [0, 0.05) is 31.7 Å². The normalized spacial score (nSPS) is 24.1. The molecule has 8 nitrogen and oxygen atoms in total. The van der Waals surface area contributed by atoms with Crippen LogP contribution in [-0.4, -0.2) is 53.8 Å². The lowest BCUT2D eigenvalue weighted by molar-refractivity contribution is -0.141. The van der Waals surface area contributed by atoms with Crippen molar-refractivity contribution < 1.29 is 23.9 Å². The standard InChI is InChI=1S/C21H25N3O5/c1-13(25)22-15-6-8-16(9-7-15)24-19(26)11-18(21(24)28)23(20(27)14-4-5-14)12-17-3-2-10-29-17/h6-9,14,17-18H,2-5,10-12H2,1H3,(H,22,25).